The number of carbonyl (C=O) groups is 1. The van der Waals surface area contributed by atoms with Gasteiger partial charge in [0.15, 0.2) is 13.4 Å². The Morgan fingerprint density at radius 2 is 1.87 bits per heavy atom. The van der Waals surface area contributed by atoms with Gasteiger partial charge in [0.2, 0.25) is 0 Å². The van der Waals surface area contributed by atoms with Gasteiger partial charge in [0.1, 0.15) is 0 Å². The van der Waals surface area contributed by atoms with E-state index in [1.165, 1.54) is 24.6 Å². The smallest absolute Gasteiger partial charge is 0.186 e. The molecule has 0 aromatic carbocycles. The fourth-order valence-electron chi connectivity index (χ4n) is 2.00. The zero-order chi connectivity index (χ0) is 11.5. The fraction of sp³-hybridized carbons (Fsp3) is 0.909. The van der Waals surface area contributed by atoms with Crippen LogP contribution in [-0.4, -0.2) is 24.8 Å². The highest BCUT2D eigenvalue weighted by molar-refractivity contribution is 8.14. The average Bonchev–Trinajstić information content (AvgIpc) is 2.05. The Hall–Kier alpha value is 0.197. The topological polar surface area (TPSA) is 26.3 Å². The molecule has 0 unspecified atom stereocenters. The third-order valence-corrected chi connectivity index (χ3v) is 4.65. The highest BCUT2D eigenvalue weighted by atomic mass is 32.2. The standard InChI is InChI=1S/C11H22O2SSi/c1-9(12)14-11-8-6-5-7-10(11)13-15(2,3)4/h10-11H,5-8H2,1-4H3/t10-,11-/m0/s1. The molecule has 0 bridgehead atoms. The molecule has 0 amide bonds. The molecule has 1 aliphatic carbocycles. The van der Waals surface area contributed by atoms with Gasteiger partial charge in [-0.05, 0) is 32.5 Å². The third kappa shape index (κ3) is 5.18. The van der Waals surface area contributed by atoms with Gasteiger partial charge >= 0.3 is 0 Å². The molecule has 2 nitrogen and oxygen atoms in total. The SMILES string of the molecule is CC(=O)S[C@H]1CCCC[C@@H]1O[Si](C)(C)C. The van der Waals surface area contributed by atoms with Crippen molar-refractivity contribution in [3.63, 3.8) is 0 Å². The summed E-state index contributed by atoms with van der Waals surface area (Å²) in [5.74, 6) is 0. The van der Waals surface area contributed by atoms with E-state index >= 15 is 0 Å². The van der Waals surface area contributed by atoms with Gasteiger partial charge in [0.05, 0.1) is 6.10 Å². The molecule has 2 atom stereocenters. The van der Waals surface area contributed by atoms with E-state index < -0.39 is 8.32 Å². The molecule has 0 saturated heterocycles. The third-order valence-electron chi connectivity index (χ3n) is 2.46. The van der Waals surface area contributed by atoms with Gasteiger partial charge in [-0.3, -0.25) is 4.79 Å². The average molecular weight is 246 g/mol. The Morgan fingerprint density at radius 1 is 1.27 bits per heavy atom. The van der Waals surface area contributed by atoms with Gasteiger partial charge in [-0.1, -0.05) is 24.6 Å². The van der Waals surface area contributed by atoms with Crippen LogP contribution in [0.25, 0.3) is 0 Å². The first-order valence-electron chi connectivity index (χ1n) is 5.73. The van der Waals surface area contributed by atoms with Gasteiger partial charge in [0.25, 0.3) is 0 Å². The molecule has 0 spiro atoms. The van der Waals surface area contributed by atoms with E-state index in [2.05, 4.69) is 19.6 Å². The van der Waals surface area contributed by atoms with Gasteiger partial charge in [-0.25, -0.2) is 0 Å². The van der Waals surface area contributed by atoms with Crippen molar-refractivity contribution < 1.29 is 9.22 Å². The predicted molar refractivity (Wildman–Crippen MR) is 68.7 cm³/mol. The number of hydrogen-bond donors (Lipinski definition) is 0. The van der Waals surface area contributed by atoms with E-state index in [-0.39, 0.29) is 5.12 Å². The quantitative estimate of drug-likeness (QED) is 0.714. The maximum atomic E-state index is 11.1. The lowest BCUT2D eigenvalue weighted by atomic mass is 9.97. The summed E-state index contributed by atoms with van der Waals surface area (Å²) in [6.07, 6.45) is 5.09. The summed E-state index contributed by atoms with van der Waals surface area (Å²) in [5.41, 5.74) is 0. The van der Waals surface area contributed by atoms with E-state index in [4.69, 9.17) is 4.43 Å². The van der Waals surface area contributed by atoms with Crippen molar-refractivity contribution in [1.29, 1.82) is 0 Å². The van der Waals surface area contributed by atoms with Crippen molar-refractivity contribution in [2.24, 2.45) is 0 Å². The summed E-state index contributed by atoms with van der Waals surface area (Å²) in [6, 6.07) is 0. The van der Waals surface area contributed by atoms with Gasteiger partial charge in [0, 0.05) is 12.2 Å². The van der Waals surface area contributed by atoms with Crippen molar-refractivity contribution in [3.8, 4) is 0 Å². The van der Waals surface area contributed by atoms with Crippen LogP contribution >= 0.6 is 11.8 Å². The summed E-state index contributed by atoms with van der Waals surface area (Å²) in [5, 5.41) is 0.633. The van der Waals surface area contributed by atoms with E-state index in [0.29, 0.717) is 11.4 Å². The highest BCUT2D eigenvalue weighted by Crippen LogP contribution is 2.32. The zero-order valence-corrected chi connectivity index (χ0v) is 12.0. The first-order valence-corrected chi connectivity index (χ1v) is 10.0. The summed E-state index contributed by atoms with van der Waals surface area (Å²) >= 11 is 1.48. The lowest BCUT2D eigenvalue weighted by Crippen LogP contribution is -2.39. The summed E-state index contributed by atoms with van der Waals surface area (Å²) in [6.45, 7) is 8.32. The minimum atomic E-state index is -1.46. The second kappa shape index (κ2) is 5.50. The molecule has 0 aromatic heterocycles. The molecule has 0 aromatic rings. The summed E-state index contributed by atoms with van der Waals surface area (Å²) in [4.78, 5) is 11.1. The van der Waals surface area contributed by atoms with Crippen LogP contribution in [0.3, 0.4) is 0 Å². The monoisotopic (exact) mass is 246 g/mol. The van der Waals surface area contributed by atoms with Crippen molar-refractivity contribution in [3.05, 3.63) is 0 Å². The number of hydrogen-bond acceptors (Lipinski definition) is 3. The Bertz CT molecular complexity index is 225. The van der Waals surface area contributed by atoms with Crippen LogP contribution in [0.5, 0.6) is 0 Å². The van der Waals surface area contributed by atoms with Crippen LogP contribution < -0.4 is 0 Å². The molecule has 4 heteroatoms. The maximum Gasteiger partial charge on any atom is 0.186 e. The highest BCUT2D eigenvalue weighted by Gasteiger charge is 2.31. The second-order valence-corrected chi connectivity index (χ2v) is 11.1. The number of carbonyl (C=O) groups excluding carboxylic acids is 1. The van der Waals surface area contributed by atoms with Crippen molar-refractivity contribution >= 4 is 25.2 Å². The molecule has 0 aliphatic heterocycles. The molecule has 0 N–H and O–H groups in total. The van der Waals surface area contributed by atoms with Crippen LogP contribution in [0.15, 0.2) is 0 Å². The van der Waals surface area contributed by atoms with Crippen LogP contribution in [-0.2, 0) is 9.22 Å². The first kappa shape index (κ1) is 13.3. The molecular weight excluding hydrogens is 224 g/mol. The van der Waals surface area contributed by atoms with Crippen LogP contribution in [0, 0.1) is 0 Å². The molecule has 0 heterocycles. The van der Waals surface area contributed by atoms with E-state index in [0.717, 1.165) is 12.8 Å². The summed E-state index contributed by atoms with van der Waals surface area (Å²) < 4.78 is 6.16. The molecule has 1 rings (SSSR count). The molecule has 1 saturated carbocycles. The number of rotatable bonds is 3. The lowest BCUT2D eigenvalue weighted by molar-refractivity contribution is -0.109. The van der Waals surface area contributed by atoms with Gasteiger partial charge < -0.3 is 4.43 Å². The number of thioether (sulfide) groups is 1. The Balaban J connectivity index is 2.53. The minimum Gasteiger partial charge on any atom is -0.414 e. The molecule has 15 heavy (non-hydrogen) atoms. The van der Waals surface area contributed by atoms with Gasteiger partial charge in [-0.15, -0.1) is 0 Å². The first-order chi connectivity index (χ1) is 6.88. The minimum absolute atomic E-state index is 0.228. The summed E-state index contributed by atoms with van der Waals surface area (Å²) in [7, 11) is -1.46. The Labute approximate surface area is 98.3 Å². The van der Waals surface area contributed by atoms with Crippen LogP contribution in [0.4, 0.5) is 0 Å². The molecular formula is C11H22O2SSi. The largest absolute Gasteiger partial charge is 0.414 e. The zero-order valence-electron chi connectivity index (χ0n) is 10.2. The van der Waals surface area contributed by atoms with Crippen molar-refractivity contribution in [2.45, 2.75) is 63.6 Å². The molecule has 88 valence electrons. The van der Waals surface area contributed by atoms with Crippen LogP contribution in [0.2, 0.25) is 19.6 Å². The van der Waals surface area contributed by atoms with Crippen LogP contribution in [0.1, 0.15) is 32.6 Å². The fourth-order valence-corrected chi connectivity index (χ4v) is 4.34. The second-order valence-electron chi connectivity index (χ2n) is 5.20. The van der Waals surface area contributed by atoms with Crippen molar-refractivity contribution in [2.75, 3.05) is 0 Å². The van der Waals surface area contributed by atoms with E-state index in [1.54, 1.807) is 6.92 Å². The van der Waals surface area contributed by atoms with Gasteiger partial charge in [-0.2, -0.15) is 0 Å². The van der Waals surface area contributed by atoms with E-state index in [1.807, 2.05) is 0 Å². The Kier molecular flexibility index (Phi) is 4.87. The molecule has 1 aliphatic rings. The maximum absolute atomic E-state index is 11.1. The predicted octanol–water partition coefficient (Wildman–Crippen LogP) is 3.43. The lowest BCUT2D eigenvalue weighted by Gasteiger charge is -2.35. The molecule has 0 radical (unpaired) electrons. The Morgan fingerprint density at radius 3 is 2.40 bits per heavy atom. The van der Waals surface area contributed by atoms with E-state index in [9.17, 15) is 4.79 Å². The van der Waals surface area contributed by atoms with Crippen molar-refractivity contribution in [1.82, 2.24) is 0 Å². The molecule has 1 fully saturated rings. The normalized spacial score (nSPS) is 27.7.